The van der Waals surface area contributed by atoms with Crippen molar-refractivity contribution in [2.75, 3.05) is 29.0 Å². The average Bonchev–Trinajstić information content (AvgIpc) is 3.07. The summed E-state index contributed by atoms with van der Waals surface area (Å²) in [4.78, 5) is 19.1. The van der Waals surface area contributed by atoms with Gasteiger partial charge in [0.2, 0.25) is 23.7 Å². The Hall–Kier alpha value is -2.38. The molecule has 2 aromatic heterocycles. The van der Waals surface area contributed by atoms with Gasteiger partial charge >= 0.3 is 0 Å². The molecule has 0 atom stereocenters. The number of nitrogens with one attached hydrogen (secondary N) is 1. The molecular formula is C13H19N7O. The summed E-state index contributed by atoms with van der Waals surface area (Å²) in [6, 6.07) is 0. The minimum Gasteiger partial charge on any atom is -0.444 e. The van der Waals surface area contributed by atoms with Crippen LogP contribution < -0.4 is 16.0 Å². The topological polar surface area (TPSA) is 106 Å². The molecule has 2 aromatic rings. The highest BCUT2D eigenvalue weighted by Crippen LogP contribution is 2.18. The fraction of sp³-hybridized carbons (Fsp3) is 0.538. The summed E-state index contributed by atoms with van der Waals surface area (Å²) in [5.74, 6) is 2.71. The standard InChI is InChI=1S/C13H19N7O/c1-8-9(2)21-10(16-8)7-15-12-17-11(14)18-13(19-12)20-5-3-4-6-20/h3-7H2,1-2H3,(H3,14,15,17,18,19). The summed E-state index contributed by atoms with van der Waals surface area (Å²) in [5, 5.41) is 3.08. The van der Waals surface area contributed by atoms with E-state index in [-0.39, 0.29) is 5.95 Å². The Balaban J connectivity index is 1.72. The van der Waals surface area contributed by atoms with E-state index in [4.69, 9.17) is 10.2 Å². The Labute approximate surface area is 122 Å². The quantitative estimate of drug-likeness (QED) is 0.866. The van der Waals surface area contributed by atoms with Gasteiger partial charge in [-0.25, -0.2) is 4.98 Å². The van der Waals surface area contributed by atoms with Crippen molar-refractivity contribution in [3.8, 4) is 0 Å². The maximum Gasteiger partial charge on any atom is 0.231 e. The minimum absolute atomic E-state index is 0.217. The van der Waals surface area contributed by atoms with Crippen LogP contribution >= 0.6 is 0 Å². The van der Waals surface area contributed by atoms with E-state index in [1.54, 1.807) is 0 Å². The van der Waals surface area contributed by atoms with Crippen LogP contribution in [0.25, 0.3) is 0 Å². The van der Waals surface area contributed by atoms with Gasteiger partial charge in [0.05, 0.1) is 12.2 Å². The van der Waals surface area contributed by atoms with Gasteiger partial charge in [0, 0.05) is 13.1 Å². The zero-order valence-corrected chi connectivity index (χ0v) is 12.3. The molecule has 0 aliphatic carbocycles. The van der Waals surface area contributed by atoms with E-state index in [0.717, 1.165) is 37.4 Å². The number of anilines is 3. The van der Waals surface area contributed by atoms with Crippen molar-refractivity contribution in [2.24, 2.45) is 0 Å². The van der Waals surface area contributed by atoms with Crippen LogP contribution in [-0.2, 0) is 6.54 Å². The first-order valence-corrected chi connectivity index (χ1v) is 7.05. The van der Waals surface area contributed by atoms with Gasteiger partial charge in [0.15, 0.2) is 0 Å². The van der Waals surface area contributed by atoms with Gasteiger partial charge in [-0.05, 0) is 26.7 Å². The number of aromatic nitrogens is 4. The molecule has 3 N–H and O–H groups in total. The number of hydrogen-bond donors (Lipinski definition) is 2. The molecule has 0 bridgehead atoms. The number of oxazole rings is 1. The molecule has 8 nitrogen and oxygen atoms in total. The second-order valence-corrected chi connectivity index (χ2v) is 5.11. The predicted molar refractivity (Wildman–Crippen MR) is 79.0 cm³/mol. The van der Waals surface area contributed by atoms with Crippen molar-refractivity contribution in [3.05, 3.63) is 17.3 Å². The lowest BCUT2D eigenvalue weighted by Crippen LogP contribution is -2.22. The number of nitrogens with two attached hydrogens (primary N) is 1. The van der Waals surface area contributed by atoms with Gasteiger partial charge in [-0.3, -0.25) is 0 Å². The van der Waals surface area contributed by atoms with Crippen molar-refractivity contribution in [2.45, 2.75) is 33.2 Å². The average molecular weight is 289 g/mol. The molecule has 1 aliphatic rings. The Kier molecular flexibility index (Phi) is 3.59. The molecule has 3 heterocycles. The van der Waals surface area contributed by atoms with Crippen LogP contribution in [0.1, 0.15) is 30.2 Å². The molecule has 112 valence electrons. The molecule has 1 fully saturated rings. The maximum absolute atomic E-state index is 5.76. The fourth-order valence-electron chi connectivity index (χ4n) is 2.29. The van der Waals surface area contributed by atoms with Crippen LogP contribution in [0.3, 0.4) is 0 Å². The largest absolute Gasteiger partial charge is 0.444 e. The fourth-order valence-corrected chi connectivity index (χ4v) is 2.29. The van der Waals surface area contributed by atoms with E-state index < -0.39 is 0 Å². The summed E-state index contributed by atoms with van der Waals surface area (Å²) < 4.78 is 5.51. The lowest BCUT2D eigenvalue weighted by atomic mass is 10.4. The molecule has 0 spiro atoms. The number of aryl methyl sites for hydroxylation is 2. The maximum atomic E-state index is 5.76. The Morgan fingerprint density at radius 3 is 2.57 bits per heavy atom. The van der Waals surface area contributed by atoms with E-state index in [9.17, 15) is 0 Å². The van der Waals surface area contributed by atoms with Crippen LogP contribution in [0.4, 0.5) is 17.8 Å². The van der Waals surface area contributed by atoms with E-state index in [2.05, 4.69) is 30.2 Å². The molecule has 0 amide bonds. The molecule has 21 heavy (non-hydrogen) atoms. The zero-order chi connectivity index (χ0) is 14.8. The lowest BCUT2D eigenvalue weighted by Gasteiger charge is -2.15. The van der Waals surface area contributed by atoms with Crippen molar-refractivity contribution in [1.29, 1.82) is 0 Å². The molecule has 0 saturated carbocycles. The summed E-state index contributed by atoms with van der Waals surface area (Å²) >= 11 is 0. The lowest BCUT2D eigenvalue weighted by molar-refractivity contribution is 0.478. The van der Waals surface area contributed by atoms with Crippen LogP contribution in [-0.4, -0.2) is 33.0 Å². The van der Waals surface area contributed by atoms with Crippen molar-refractivity contribution >= 4 is 17.8 Å². The Morgan fingerprint density at radius 1 is 1.14 bits per heavy atom. The highest BCUT2D eigenvalue weighted by molar-refractivity contribution is 5.42. The summed E-state index contributed by atoms with van der Waals surface area (Å²) in [7, 11) is 0. The molecule has 3 rings (SSSR count). The van der Waals surface area contributed by atoms with E-state index in [0.29, 0.717) is 24.3 Å². The number of rotatable bonds is 4. The third kappa shape index (κ3) is 3.04. The molecule has 8 heteroatoms. The van der Waals surface area contributed by atoms with Gasteiger partial charge in [-0.15, -0.1) is 0 Å². The second-order valence-electron chi connectivity index (χ2n) is 5.11. The van der Waals surface area contributed by atoms with Gasteiger partial charge in [0.1, 0.15) is 5.76 Å². The van der Waals surface area contributed by atoms with Crippen LogP contribution in [0.2, 0.25) is 0 Å². The summed E-state index contributed by atoms with van der Waals surface area (Å²) in [6.45, 7) is 6.13. The molecule has 1 saturated heterocycles. The Morgan fingerprint density at radius 2 is 1.90 bits per heavy atom. The molecule has 1 aliphatic heterocycles. The van der Waals surface area contributed by atoms with Crippen LogP contribution in [0.15, 0.2) is 4.42 Å². The normalized spacial score (nSPS) is 14.7. The first-order chi connectivity index (χ1) is 10.1. The zero-order valence-electron chi connectivity index (χ0n) is 12.3. The summed E-state index contributed by atoms with van der Waals surface area (Å²) in [5.41, 5.74) is 6.64. The SMILES string of the molecule is Cc1nc(CNc2nc(N)nc(N3CCCC3)n2)oc1C. The van der Waals surface area contributed by atoms with Crippen LogP contribution in [0.5, 0.6) is 0 Å². The minimum atomic E-state index is 0.217. The third-order valence-electron chi connectivity index (χ3n) is 3.50. The van der Waals surface area contributed by atoms with E-state index in [1.807, 2.05) is 13.8 Å². The third-order valence-corrected chi connectivity index (χ3v) is 3.50. The smallest absolute Gasteiger partial charge is 0.231 e. The Bertz CT molecular complexity index is 614. The molecule has 0 unspecified atom stereocenters. The molecule has 0 radical (unpaired) electrons. The monoisotopic (exact) mass is 289 g/mol. The second kappa shape index (κ2) is 5.55. The van der Waals surface area contributed by atoms with Gasteiger partial charge < -0.3 is 20.4 Å². The number of hydrogen-bond acceptors (Lipinski definition) is 8. The first kappa shape index (κ1) is 13.6. The highest BCUT2D eigenvalue weighted by atomic mass is 16.4. The first-order valence-electron chi connectivity index (χ1n) is 7.05. The molecule has 0 aromatic carbocycles. The van der Waals surface area contributed by atoms with Gasteiger partial charge in [-0.1, -0.05) is 0 Å². The van der Waals surface area contributed by atoms with Crippen molar-refractivity contribution in [3.63, 3.8) is 0 Å². The van der Waals surface area contributed by atoms with Gasteiger partial charge in [0.25, 0.3) is 0 Å². The molecular weight excluding hydrogens is 270 g/mol. The van der Waals surface area contributed by atoms with Crippen LogP contribution in [0, 0.1) is 13.8 Å². The van der Waals surface area contributed by atoms with Crippen molar-refractivity contribution in [1.82, 2.24) is 19.9 Å². The van der Waals surface area contributed by atoms with Crippen molar-refractivity contribution < 1.29 is 4.42 Å². The van der Waals surface area contributed by atoms with E-state index >= 15 is 0 Å². The predicted octanol–water partition coefficient (Wildman–Crippen LogP) is 1.27. The summed E-state index contributed by atoms with van der Waals surface area (Å²) in [6.07, 6.45) is 2.31. The highest BCUT2D eigenvalue weighted by Gasteiger charge is 2.17. The number of nitrogen functional groups attached to an aromatic ring is 1. The van der Waals surface area contributed by atoms with Gasteiger partial charge in [-0.2, -0.15) is 15.0 Å². The van der Waals surface area contributed by atoms with E-state index in [1.165, 1.54) is 0 Å². The number of nitrogens with zero attached hydrogens (tertiary/aromatic N) is 5.